The molecule has 5 rings (SSSR count). The van der Waals surface area contributed by atoms with Crippen molar-refractivity contribution in [3.05, 3.63) is 107 Å². The van der Waals surface area contributed by atoms with E-state index in [1.54, 1.807) is 6.07 Å². The van der Waals surface area contributed by atoms with E-state index in [4.69, 9.17) is 14.6 Å². The maximum absolute atomic E-state index is 14.5. The average molecular weight is 522 g/mol. The van der Waals surface area contributed by atoms with E-state index in [0.29, 0.717) is 13.0 Å². The average Bonchev–Trinajstić information content (AvgIpc) is 2.89. The summed E-state index contributed by atoms with van der Waals surface area (Å²) < 4.78 is 26.1. The van der Waals surface area contributed by atoms with Crippen molar-refractivity contribution in [1.82, 2.24) is 5.32 Å². The predicted octanol–water partition coefficient (Wildman–Crippen LogP) is 6.50. The minimum absolute atomic E-state index is 0. The Morgan fingerprint density at radius 2 is 1.84 bits per heavy atom. The number of ether oxygens (including phenoxy) is 2. The Bertz CT molecular complexity index is 1390. The molecule has 1 unspecified atom stereocenters. The number of nitrogens with one attached hydrogen (secondary N) is 1. The van der Waals surface area contributed by atoms with E-state index in [1.807, 2.05) is 30.3 Å². The number of para-hydroxylation sites is 1. The van der Waals surface area contributed by atoms with Crippen LogP contribution in [0.5, 0.6) is 11.5 Å². The molecule has 0 saturated heterocycles. The molecule has 3 atom stereocenters. The number of hydrogen-bond acceptors (Lipinski definition) is 4. The Morgan fingerprint density at radius 3 is 2.68 bits per heavy atom. The van der Waals surface area contributed by atoms with Crippen LogP contribution < -0.4 is 14.8 Å². The second-order valence-corrected chi connectivity index (χ2v) is 9.17. The van der Waals surface area contributed by atoms with Gasteiger partial charge in [-0.25, -0.2) is 9.18 Å². The minimum atomic E-state index is -1.11. The van der Waals surface area contributed by atoms with E-state index in [0.717, 1.165) is 16.9 Å². The van der Waals surface area contributed by atoms with Crippen molar-refractivity contribution in [2.24, 2.45) is 0 Å². The number of benzene rings is 4. The molecule has 37 heavy (non-hydrogen) atoms. The van der Waals surface area contributed by atoms with E-state index >= 15 is 0 Å². The number of hydrogen-bond donors (Lipinski definition) is 2. The minimum Gasteiger partial charge on any atom is -0.489 e. The third-order valence-corrected chi connectivity index (χ3v) is 6.69. The lowest BCUT2D eigenvalue weighted by Crippen LogP contribution is -2.37. The van der Waals surface area contributed by atoms with Gasteiger partial charge in [-0.2, -0.15) is 0 Å². The number of rotatable bonds is 8. The monoisotopic (exact) mass is 521 g/mol. The summed E-state index contributed by atoms with van der Waals surface area (Å²) in [4.78, 5) is 10.9. The van der Waals surface area contributed by atoms with Crippen molar-refractivity contribution in [2.75, 3.05) is 13.2 Å². The normalized spacial score (nSPS) is 17.2. The number of carbonyl (C=O) groups is 1. The molecule has 192 valence electrons. The van der Waals surface area contributed by atoms with Gasteiger partial charge in [0, 0.05) is 30.1 Å². The third kappa shape index (κ3) is 6.04. The first-order chi connectivity index (χ1) is 17.5. The molecule has 0 aromatic heterocycles. The topological polar surface area (TPSA) is 67.8 Å². The Morgan fingerprint density at radius 1 is 1.08 bits per heavy atom. The van der Waals surface area contributed by atoms with Gasteiger partial charge in [0.1, 0.15) is 23.4 Å². The van der Waals surface area contributed by atoms with Crippen LogP contribution in [0.2, 0.25) is 0 Å². The van der Waals surface area contributed by atoms with Crippen molar-refractivity contribution in [1.29, 1.82) is 0 Å². The maximum atomic E-state index is 14.5. The summed E-state index contributed by atoms with van der Waals surface area (Å²) in [5.41, 5.74) is 2.94. The van der Waals surface area contributed by atoms with Crippen LogP contribution in [0.3, 0.4) is 0 Å². The van der Waals surface area contributed by atoms with Gasteiger partial charge in [-0.3, -0.25) is 0 Å². The van der Waals surface area contributed by atoms with Crippen molar-refractivity contribution in [2.45, 2.75) is 31.4 Å². The summed E-state index contributed by atoms with van der Waals surface area (Å²) in [6.07, 6.45) is 0.516. The van der Waals surface area contributed by atoms with Crippen LogP contribution in [0.4, 0.5) is 4.39 Å². The fourth-order valence-electron chi connectivity index (χ4n) is 4.99. The second-order valence-electron chi connectivity index (χ2n) is 9.17. The molecular weight excluding hydrogens is 493 g/mol. The zero-order valence-electron chi connectivity index (χ0n) is 20.4. The molecule has 0 bridgehead atoms. The van der Waals surface area contributed by atoms with E-state index in [-0.39, 0.29) is 36.2 Å². The molecule has 1 heterocycles. The Kier molecular flexibility index (Phi) is 8.31. The van der Waals surface area contributed by atoms with Gasteiger partial charge in [0.15, 0.2) is 6.61 Å². The van der Waals surface area contributed by atoms with Crippen LogP contribution in [0, 0.1) is 5.82 Å². The van der Waals surface area contributed by atoms with Crippen molar-refractivity contribution < 1.29 is 23.8 Å². The van der Waals surface area contributed by atoms with Gasteiger partial charge < -0.3 is 19.9 Å². The highest BCUT2D eigenvalue weighted by Crippen LogP contribution is 2.41. The molecule has 1 aliphatic rings. The van der Waals surface area contributed by atoms with E-state index in [1.165, 1.54) is 28.5 Å². The number of aliphatic carboxylic acids is 1. The summed E-state index contributed by atoms with van der Waals surface area (Å²) in [6.45, 7) is 2.24. The largest absolute Gasteiger partial charge is 0.489 e. The highest BCUT2D eigenvalue weighted by Gasteiger charge is 2.30. The van der Waals surface area contributed by atoms with Crippen LogP contribution in [-0.2, 0) is 4.79 Å². The first kappa shape index (κ1) is 26.5. The van der Waals surface area contributed by atoms with E-state index < -0.39 is 18.4 Å². The van der Waals surface area contributed by atoms with Crippen LogP contribution in [0.1, 0.15) is 42.0 Å². The van der Waals surface area contributed by atoms with Gasteiger partial charge >= 0.3 is 5.97 Å². The Labute approximate surface area is 221 Å². The molecule has 1 aliphatic heterocycles. The maximum Gasteiger partial charge on any atom is 0.341 e. The van der Waals surface area contributed by atoms with Gasteiger partial charge in [-0.05, 0) is 53.4 Å². The summed E-state index contributed by atoms with van der Waals surface area (Å²) in [6, 6.07) is 27.0. The molecule has 0 radical (unpaired) electrons. The van der Waals surface area contributed by atoms with Gasteiger partial charge in [0.25, 0.3) is 0 Å². The Hall–Kier alpha value is -3.61. The molecule has 5 nitrogen and oxygen atoms in total. The first-order valence-electron chi connectivity index (χ1n) is 12.1. The smallest absolute Gasteiger partial charge is 0.341 e. The summed E-state index contributed by atoms with van der Waals surface area (Å²) in [7, 11) is 0. The molecule has 4 aromatic rings. The molecule has 4 aromatic carbocycles. The van der Waals surface area contributed by atoms with E-state index in [9.17, 15) is 9.18 Å². The van der Waals surface area contributed by atoms with Crippen LogP contribution in [0.25, 0.3) is 10.8 Å². The molecular formula is C30H29ClFNO4. The van der Waals surface area contributed by atoms with Crippen LogP contribution >= 0.6 is 12.4 Å². The number of fused-ring (bicyclic) bond motifs is 2. The molecule has 0 amide bonds. The molecule has 0 saturated carbocycles. The molecule has 0 fully saturated rings. The SMILES string of the molecule is CC(NC[C@H]1C[C@@H](c2cc(F)cc(OCC(=O)O)c2)c2ccccc2O1)c1cccc2ccccc12.Cl. The predicted molar refractivity (Wildman–Crippen MR) is 144 cm³/mol. The molecule has 2 N–H and O–H groups in total. The molecule has 0 aliphatic carbocycles. The summed E-state index contributed by atoms with van der Waals surface area (Å²) in [5.74, 6) is -0.705. The van der Waals surface area contributed by atoms with E-state index in [2.05, 4.69) is 48.6 Å². The van der Waals surface area contributed by atoms with Crippen molar-refractivity contribution in [3.8, 4) is 11.5 Å². The quantitative estimate of drug-likeness (QED) is 0.277. The molecule has 0 spiro atoms. The van der Waals surface area contributed by atoms with Gasteiger partial charge in [0.05, 0.1) is 0 Å². The fraction of sp³-hybridized carbons (Fsp3) is 0.233. The summed E-state index contributed by atoms with van der Waals surface area (Å²) in [5, 5.41) is 15.0. The fourth-order valence-corrected chi connectivity index (χ4v) is 4.99. The Balaban J connectivity index is 0.00000320. The lowest BCUT2D eigenvalue weighted by Gasteiger charge is -2.33. The lowest BCUT2D eigenvalue weighted by molar-refractivity contribution is -0.139. The van der Waals surface area contributed by atoms with Gasteiger partial charge in [-0.1, -0.05) is 60.7 Å². The van der Waals surface area contributed by atoms with Gasteiger partial charge in [0.2, 0.25) is 0 Å². The highest BCUT2D eigenvalue weighted by atomic mass is 35.5. The first-order valence-corrected chi connectivity index (χ1v) is 12.1. The number of halogens is 2. The molecule has 7 heteroatoms. The van der Waals surface area contributed by atoms with Gasteiger partial charge in [-0.15, -0.1) is 12.4 Å². The third-order valence-electron chi connectivity index (χ3n) is 6.69. The summed E-state index contributed by atoms with van der Waals surface area (Å²) >= 11 is 0. The number of carboxylic acids is 1. The van der Waals surface area contributed by atoms with Crippen LogP contribution in [0.15, 0.2) is 84.9 Å². The lowest BCUT2D eigenvalue weighted by atomic mass is 9.84. The van der Waals surface area contributed by atoms with Crippen molar-refractivity contribution in [3.63, 3.8) is 0 Å². The second kappa shape index (κ2) is 11.6. The standard InChI is InChI=1S/C30H28FNO4.ClH/c1-19(25-11-6-8-20-7-2-3-9-26(20)25)32-17-24-16-28(27-10-4-5-12-29(27)36-24)21-13-22(31)15-23(14-21)35-18-30(33)34;/h2-15,19,24,28,32H,16-18H2,1H3,(H,33,34);1H/t19?,24-,28+;/m1./s1. The number of carboxylic acid groups (broad SMARTS) is 1. The van der Waals surface area contributed by atoms with Crippen molar-refractivity contribution >= 4 is 29.1 Å². The highest BCUT2D eigenvalue weighted by molar-refractivity contribution is 5.86. The zero-order valence-corrected chi connectivity index (χ0v) is 21.2. The zero-order chi connectivity index (χ0) is 25.1. The van der Waals surface area contributed by atoms with Crippen LogP contribution in [-0.4, -0.2) is 30.3 Å².